The van der Waals surface area contributed by atoms with E-state index >= 15 is 0 Å². The van der Waals surface area contributed by atoms with Gasteiger partial charge in [-0.1, -0.05) is 0 Å². The summed E-state index contributed by atoms with van der Waals surface area (Å²) in [5.41, 5.74) is 5.71. The summed E-state index contributed by atoms with van der Waals surface area (Å²) in [5.74, 6) is 0. The van der Waals surface area contributed by atoms with Gasteiger partial charge in [0, 0.05) is 13.7 Å². The summed E-state index contributed by atoms with van der Waals surface area (Å²) in [6, 6.07) is 0. The van der Waals surface area contributed by atoms with Crippen molar-refractivity contribution in [2.75, 3.05) is 26.9 Å². The minimum absolute atomic E-state index is 0.0734. The number of hydrogen-bond donors (Lipinski definition) is 1. The van der Waals surface area contributed by atoms with Crippen LogP contribution in [0.2, 0.25) is 0 Å². The van der Waals surface area contributed by atoms with Gasteiger partial charge < -0.3 is 15.2 Å². The van der Waals surface area contributed by atoms with Crippen LogP contribution in [0.25, 0.3) is 0 Å². The molecular formula is C6H13NO2. The fourth-order valence-electron chi connectivity index (χ4n) is 0.814. The zero-order chi connectivity index (χ0) is 6.74. The quantitative estimate of drug-likeness (QED) is 0.574. The van der Waals surface area contributed by atoms with Gasteiger partial charge in [-0.15, -0.1) is 0 Å². The number of nitrogens with two attached hydrogens (primary N) is 1. The molecule has 9 heavy (non-hydrogen) atoms. The molecule has 0 aromatic heterocycles. The molecule has 0 amide bonds. The van der Waals surface area contributed by atoms with Crippen molar-refractivity contribution in [2.45, 2.75) is 12.0 Å². The van der Waals surface area contributed by atoms with Gasteiger partial charge >= 0.3 is 0 Å². The lowest BCUT2D eigenvalue weighted by molar-refractivity contribution is -0.0650. The summed E-state index contributed by atoms with van der Waals surface area (Å²) in [6.45, 7) is 2.12. The van der Waals surface area contributed by atoms with Crippen molar-refractivity contribution in [3.05, 3.63) is 0 Å². The maximum atomic E-state index is 5.78. The summed E-state index contributed by atoms with van der Waals surface area (Å²) >= 11 is 0. The molecule has 1 heterocycles. The van der Waals surface area contributed by atoms with E-state index in [0.29, 0.717) is 13.2 Å². The smallest absolute Gasteiger partial charge is 0.0670 e. The van der Waals surface area contributed by atoms with Gasteiger partial charge in [-0.2, -0.15) is 0 Å². The highest BCUT2D eigenvalue weighted by Gasteiger charge is 2.33. The van der Waals surface area contributed by atoms with Gasteiger partial charge in [-0.05, 0) is 6.42 Å². The lowest BCUT2D eigenvalue weighted by atomic mass is 9.95. The third-order valence-corrected chi connectivity index (χ3v) is 1.58. The van der Waals surface area contributed by atoms with Crippen molar-refractivity contribution in [2.24, 2.45) is 5.73 Å². The van der Waals surface area contributed by atoms with E-state index in [1.165, 1.54) is 0 Å². The van der Waals surface area contributed by atoms with Gasteiger partial charge in [-0.25, -0.2) is 0 Å². The van der Waals surface area contributed by atoms with Gasteiger partial charge in [0.1, 0.15) is 0 Å². The van der Waals surface area contributed by atoms with Crippen LogP contribution in [0.1, 0.15) is 6.42 Å². The Hall–Kier alpha value is -0.120. The number of hydrogen-bond acceptors (Lipinski definition) is 3. The van der Waals surface area contributed by atoms with Crippen molar-refractivity contribution in [3.8, 4) is 0 Å². The lowest BCUT2D eigenvalue weighted by Gasteiger charge is -2.37. The van der Waals surface area contributed by atoms with Gasteiger partial charge in [0.2, 0.25) is 0 Å². The molecule has 1 aliphatic heterocycles. The Morgan fingerprint density at radius 1 is 1.67 bits per heavy atom. The molecule has 2 N–H and O–H groups in total. The van der Waals surface area contributed by atoms with Gasteiger partial charge in [0.25, 0.3) is 0 Å². The maximum absolute atomic E-state index is 5.78. The summed E-state index contributed by atoms with van der Waals surface area (Å²) in [6.07, 6.45) is 0.906. The van der Waals surface area contributed by atoms with E-state index in [1.807, 2.05) is 0 Å². The van der Waals surface area contributed by atoms with Crippen molar-refractivity contribution >= 4 is 0 Å². The number of ether oxygens (including phenoxy) is 2. The molecule has 0 aromatic carbocycles. The Bertz CT molecular complexity index is 91.1. The fourth-order valence-corrected chi connectivity index (χ4v) is 0.814. The first-order valence-electron chi connectivity index (χ1n) is 3.12. The summed E-state index contributed by atoms with van der Waals surface area (Å²) in [5, 5.41) is 0. The lowest BCUT2D eigenvalue weighted by Crippen LogP contribution is -2.57. The van der Waals surface area contributed by atoms with Crippen LogP contribution in [-0.4, -0.2) is 32.5 Å². The van der Waals surface area contributed by atoms with Crippen LogP contribution in [0.4, 0.5) is 0 Å². The number of methoxy groups -OCH3 is 1. The Kier molecular flexibility index (Phi) is 2.05. The van der Waals surface area contributed by atoms with Crippen LogP contribution >= 0.6 is 0 Å². The van der Waals surface area contributed by atoms with Crippen molar-refractivity contribution in [1.82, 2.24) is 0 Å². The van der Waals surface area contributed by atoms with E-state index in [9.17, 15) is 0 Å². The second-order valence-corrected chi connectivity index (χ2v) is 2.60. The Labute approximate surface area is 55.1 Å². The van der Waals surface area contributed by atoms with E-state index in [4.69, 9.17) is 15.2 Å². The minimum atomic E-state index is -0.0734. The van der Waals surface area contributed by atoms with Crippen LogP contribution in [0, 0.1) is 0 Å². The molecule has 0 aromatic rings. The Morgan fingerprint density at radius 3 is 2.67 bits per heavy atom. The maximum Gasteiger partial charge on any atom is 0.0670 e. The van der Waals surface area contributed by atoms with Crippen molar-refractivity contribution in [3.63, 3.8) is 0 Å². The van der Waals surface area contributed by atoms with E-state index < -0.39 is 0 Å². The molecule has 0 unspecified atom stereocenters. The molecule has 54 valence electrons. The van der Waals surface area contributed by atoms with Crippen molar-refractivity contribution < 1.29 is 9.47 Å². The fraction of sp³-hybridized carbons (Fsp3) is 1.00. The third-order valence-electron chi connectivity index (χ3n) is 1.58. The van der Waals surface area contributed by atoms with Gasteiger partial charge in [0.15, 0.2) is 0 Å². The average Bonchev–Trinajstić information content (AvgIpc) is 1.79. The van der Waals surface area contributed by atoms with E-state index in [2.05, 4.69) is 0 Å². The second-order valence-electron chi connectivity index (χ2n) is 2.60. The van der Waals surface area contributed by atoms with Crippen LogP contribution in [0.15, 0.2) is 0 Å². The molecule has 0 atom stereocenters. The second kappa shape index (κ2) is 2.64. The normalized spacial score (nSPS) is 23.3. The Balaban J connectivity index is 2.09. The van der Waals surface area contributed by atoms with E-state index in [0.717, 1.165) is 13.0 Å². The van der Waals surface area contributed by atoms with Crippen LogP contribution in [0.3, 0.4) is 0 Å². The topological polar surface area (TPSA) is 44.5 Å². The predicted molar refractivity (Wildman–Crippen MR) is 34.2 cm³/mol. The first kappa shape index (κ1) is 6.99. The van der Waals surface area contributed by atoms with Crippen LogP contribution in [0.5, 0.6) is 0 Å². The largest absolute Gasteiger partial charge is 0.385 e. The molecule has 0 radical (unpaired) electrons. The molecule has 1 aliphatic rings. The molecule has 3 heteroatoms. The summed E-state index contributed by atoms with van der Waals surface area (Å²) in [4.78, 5) is 0. The molecule has 1 saturated heterocycles. The first-order valence-corrected chi connectivity index (χ1v) is 3.12. The molecule has 1 fully saturated rings. The van der Waals surface area contributed by atoms with E-state index in [1.54, 1.807) is 7.11 Å². The zero-order valence-corrected chi connectivity index (χ0v) is 5.72. The summed E-state index contributed by atoms with van der Waals surface area (Å²) < 4.78 is 9.83. The summed E-state index contributed by atoms with van der Waals surface area (Å²) in [7, 11) is 1.68. The number of rotatable bonds is 3. The standard InChI is InChI=1S/C6H13NO2/c1-8-3-2-6(7)4-9-5-6/h2-5,7H2,1H3. The monoisotopic (exact) mass is 131 g/mol. The molecule has 3 nitrogen and oxygen atoms in total. The zero-order valence-electron chi connectivity index (χ0n) is 5.72. The highest BCUT2D eigenvalue weighted by molar-refractivity contribution is 4.90. The Morgan fingerprint density at radius 2 is 2.33 bits per heavy atom. The molecule has 0 bridgehead atoms. The predicted octanol–water partition coefficient (Wildman–Crippen LogP) is -0.249. The molecule has 0 aliphatic carbocycles. The van der Waals surface area contributed by atoms with E-state index in [-0.39, 0.29) is 5.54 Å². The highest BCUT2D eigenvalue weighted by Crippen LogP contribution is 2.16. The average molecular weight is 131 g/mol. The van der Waals surface area contributed by atoms with Gasteiger partial charge in [0.05, 0.1) is 18.8 Å². The van der Waals surface area contributed by atoms with Gasteiger partial charge in [-0.3, -0.25) is 0 Å². The minimum Gasteiger partial charge on any atom is -0.385 e. The first-order chi connectivity index (χ1) is 4.27. The van der Waals surface area contributed by atoms with Crippen molar-refractivity contribution in [1.29, 1.82) is 0 Å². The third kappa shape index (κ3) is 1.64. The molecular weight excluding hydrogens is 118 g/mol. The van der Waals surface area contributed by atoms with Crippen LogP contribution < -0.4 is 5.73 Å². The SMILES string of the molecule is COCCC1(N)COC1. The highest BCUT2D eigenvalue weighted by atomic mass is 16.5. The van der Waals surface area contributed by atoms with Crippen LogP contribution in [-0.2, 0) is 9.47 Å². The molecule has 1 rings (SSSR count). The molecule has 0 saturated carbocycles. The molecule has 0 spiro atoms.